The van der Waals surface area contributed by atoms with E-state index in [-0.39, 0.29) is 5.97 Å². The number of ether oxygens (including phenoxy) is 1. The lowest BCUT2D eigenvalue weighted by Gasteiger charge is -2.37. The Morgan fingerprint density at radius 1 is 1.00 bits per heavy atom. The van der Waals surface area contributed by atoms with Gasteiger partial charge in [-0.2, -0.15) is 13.2 Å². The Bertz CT molecular complexity index is 748. The highest BCUT2D eigenvalue weighted by Crippen LogP contribution is 2.32. The molecule has 2 heterocycles. The van der Waals surface area contributed by atoms with Crippen molar-refractivity contribution in [3.63, 3.8) is 0 Å². The number of piperazine rings is 1. The van der Waals surface area contributed by atoms with Crippen LogP contribution in [0.4, 0.5) is 18.9 Å². The van der Waals surface area contributed by atoms with Crippen molar-refractivity contribution in [3.05, 3.63) is 29.8 Å². The first-order valence-electron chi connectivity index (χ1n) is 11.6. The number of anilines is 1. The summed E-state index contributed by atoms with van der Waals surface area (Å²) in [5.41, 5.74) is -0.382. The number of hydrogen-bond donors (Lipinski definition) is 0. The standard InChI is InChI=1S/C24H36F3N3O2/c1-23(2,3)32-22(31)18-29-11-8-19(9-12-29)7-10-28-13-15-30(16-14-28)21-6-4-5-20(17-21)24(25,26)27/h4-6,17,19H,7-16,18H2,1-3H3. The molecule has 0 radical (unpaired) electrons. The number of esters is 1. The zero-order valence-corrected chi connectivity index (χ0v) is 19.5. The summed E-state index contributed by atoms with van der Waals surface area (Å²) in [6.45, 7) is 12.1. The van der Waals surface area contributed by atoms with Crippen LogP contribution in [0, 0.1) is 5.92 Å². The van der Waals surface area contributed by atoms with Gasteiger partial charge < -0.3 is 9.64 Å². The van der Waals surface area contributed by atoms with Crippen LogP contribution in [0.5, 0.6) is 0 Å². The molecule has 2 fully saturated rings. The molecule has 0 aliphatic carbocycles. The molecule has 1 aromatic rings. The molecule has 180 valence electrons. The van der Waals surface area contributed by atoms with Crippen molar-refractivity contribution in [3.8, 4) is 0 Å². The van der Waals surface area contributed by atoms with Gasteiger partial charge in [0.25, 0.3) is 0 Å². The van der Waals surface area contributed by atoms with Crippen molar-refractivity contribution in [2.24, 2.45) is 5.92 Å². The van der Waals surface area contributed by atoms with Crippen molar-refractivity contribution in [2.45, 2.75) is 51.8 Å². The molecule has 2 aliphatic heterocycles. The van der Waals surface area contributed by atoms with Gasteiger partial charge in [-0.25, -0.2) is 0 Å². The number of likely N-dealkylation sites (tertiary alicyclic amines) is 1. The zero-order valence-electron chi connectivity index (χ0n) is 19.5. The molecule has 0 atom stereocenters. The molecule has 1 aromatic carbocycles. The van der Waals surface area contributed by atoms with E-state index in [4.69, 9.17) is 4.74 Å². The Balaban J connectivity index is 1.35. The highest BCUT2D eigenvalue weighted by molar-refractivity contribution is 5.72. The molecule has 0 amide bonds. The molecule has 32 heavy (non-hydrogen) atoms. The molecule has 2 aliphatic rings. The van der Waals surface area contributed by atoms with E-state index >= 15 is 0 Å². The first kappa shape index (κ1) is 24.8. The van der Waals surface area contributed by atoms with Crippen molar-refractivity contribution in [1.82, 2.24) is 9.80 Å². The summed E-state index contributed by atoms with van der Waals surface area (Å²) >= 11 is 0. The van der Waals surface area contributed by atoms with Crippen LogP contribution in [0.1, 0.15) is 45.6 Å². The number of benzene rings is 1. The van der Waals surface area contributed by atoms with Gasteiger partial charge in [-0.15, -0.1) is 0 Å². The molecular weight excluding hydrogens is 419 g/mol. The fraction of sp³-hybridized carbons (Fsp3) is 0.708. The van der Waals surface area contributed by atoms with Gasteiger partial charge in [-0.05, 0) is 83.8 Å². The summed E-state index contributed by atoms with van der Waals surface area (Å²) in [4.78, 5) is 18.6. The first-order chi connectivity index (χ1) is 15.0. The second-order valence-electron chi connectivity index (χ2n) is 9.97. The number of carbonyl (C=O) groups excluding carboxylic acids is 1. The van der Waals surface area contributed by atoms with E-state index in [1.165, 1.54) is 12.1 Å². The van der Waals surface area contributed by atoms with Crippen LogP contribution in [0.15, 0.2) is 24.3 Å². The van der Waals surface area contributed by atoms with Gasteiger partial charge in [-0.3, -0.25) is 14.6 Å². The molecule has 0 N–H and O–H groups in total. The fourth-order valence-electron chi connectivity index (χ4n) is 4.46. The first-order valence-corrected chi connectivity index (χ1v) is 11.6. The van der Waals surface area contributed by atoms with Crippen LogP contribution in [0.2, 0.25) is 0 Å². The van der Waals surface area contributed by atoms with Crippen molar-refractivity contribution in [2.75, 3.05) is 57.3 Å². The number of rotatable bonds is 6. The highest BCUT2D eigenvalue weighted by atomic mass is 19.4. The Kier molecular flexibility index (Phi) is 8.09. The molecule has 0 bridgehead atoms. The molecule has 3 rings (SSSR count). The van der Waals surface area contributed by atoms with Crippen molar-refractivity contribution < 1.29 is 22.7 Å². The Morgan fingerprint density at radius 2 is 1.66 bits per heavy atom. The van der Waals surface area contributed by atoms with Crippen LogP contribution < -0.4 is 4.90 Å². The van der Waals surface area contributed by atoms with Crippen LogP contribution in [-0.2, 0) is 15.7 Å². The van der Waals surface area contributed by atoms with Crippen molar-refractivity contribution >= 4 is 11.7 Å². The van der Waals surface area contributed by atoms with Gasteiger partial charge in [-0.1, -0.05) is 6.07 Å². The average molecular weight is 456 g/mol. The van der Waals surface area contributed by atoms with Gasteiger partial charge in [0.1, 0.15) is 5.60 Å². The third-order valence-electron chi connectivity index (χ3n) is 6.24. The van der Waals surface area contributed by atoms with E-state index in [1.54, 1.807) is 6.07 Å². The maximum atomic E-state index is 13.0. The van der Waals surface area contributed by atoms with Crippen LogP contribution in [-0.4, -0.2) is 73.7 Å². The van der Waals surface area contributed by atoms with Gasteiger partial charge >= 0.3 is 12.1 Å². The average Bonchev–Trinajstić information content (AvgIpc) is 2.72. The number of alkyl halides is 3. The minimum Gasteiger partial charge on any atom is -0.459 e. The second kappa shape index (κ2) is 10.4. The van der Waals surface area contributed by atoms with Gasteiger partial charge in [0.2, 0.25) is 0 Å². The summed E-state index contributed by atoms with van der Waals surface area (Å²) in [5.74, 6) is 0.501. The molecule has 5 nitrogen and oxygen atoms in total. The second-order valence-corrected chi connectivity index (χ2v) is 9.97. The quantitative estimate of drug-likeness (QED) is 0.599. The topological polar surface area (TPSA) is 36.0 Å². The molecule has 0 aromatic heterocycles. The predicted octanol–water partition coefficient (Wildman–Crippen LogP) is 4.27. The number of hydrogen-bond acceptors (Lipinski definition) is 5. The summed E-state index contributed by atoms with van der Waals surface area (Å²) < 4.78 is 44.3. The minimum atomic E-state index is -4.31. The van der Waals surface area contributed by atoms with Gasteiger partial charge in [0.15, 0.2) is 0 Å². The van der Waals surface area contributed by atoms with E-state index in [0.717, 1.165) is 71.1 Å². The lowest BCUT2D eigenvalue weighted by molar-refractivity contribution is -0.156. The fourth-order valence-corrected chi connectivity index (χ4v) is 4.46. The monoisotopic (exact) mass is 455 g/mol. The third-order valence-corrected chi connectivity index (χ3v) is 6.24. The molecule has 0 unspecified atom stereocenters. The molecule has 0 spiro atoms. The summed E-state index contributed by atoms with van der Waals surface area (Å²) in [6, 6.07) is 5.62. The maximum Gasteiger partial charge on any atom is 0.416 e. The lowest BCUT2D eigenvalue weighted by atomic mass is 9.93. The number of carbonyl (C=O) groups is 1. The Hall–Kier alpha value is -1.80. The Labute approximate surface area is 189 Å². The molecule has 2 saturated heterocycles. The number of nitrogens with zero attached hydrogens (tertiary/aromatic N) is 3. The lowest BCUT2D eigenvalue weighted by Crippen LogP contribution is -2.47. The summed E-state index contributed by atoms with van der Waals surface area (Å²) in [6.07, 6.45) is -0.996. The summed E-state index contributed by atoms with van der Waals surface area (Å²) in [5, 5.41) is 0. The normalized spacial score (nSPS) is 19.9. The molecule has 8 heteroatoms. The third kappa shape index (κ3) is 7.66. The molecule has 0 saturated carbocycles. The Morgan fingerprint density at radius 3 is 2.25 bits per heavy atom. The van der Waals surface area contributed by atoms with E-state index in [2.05, 4.69) is 9.80 Å². The van der Waals surface area contributed by atoms with E-state index in [9.17, 15) is 18.0 Å². The van der Waals surface area contributed by atoms with E-state index in [0.29, 0.717) is 18.2 Å². The predicted molar refractivity (Wildman–Crippen MR) is 120 cm³/mol. The zero-order chi connectivity index (χ0) is 23.4. The van der Waals surface area contributed by atoms with Gasteiger partial charge in [0, 0.05) is 31.9 Å². The van der Waals surface area contributed by atoms with E-state index < -0.39 is 17.3 Å². The molecular formula is C24H36F3N3O2. The smallest absolute Gasteiger partial charge is 0.416 e. The highest BCUT2D eigenvalue weighted by Gasteiger charge is 2.31. The largest absolute Gasteiger partial charge is 0.459 e. The van der Waals surface area contributed by atoms with E-state index in [1.807, 2.05) is 25.7 Å². The SMILES string of the molecule is CC(C)(C)OC(=O)CN1CCC(CCN2CCN(c3cccc(C(F)(F)F)c3)CC2)CC1. The van der Waals surface area contributed by atoms with Gasteiger partial charge in [0.05, 0.1) is 12.1 Å². The van der Waals surface area contributed by atoms with Crippen LogP contribution in [0.3, 0.4) is 0 Å². The minimum absolute atomic E-state index is 0.158. The van der Waals surface area contributed by atoms with Crippen LogP contribution in [0.25, 0.3) is 0 Å². The number of halogens is 3. The summed E-state index contributed by atoms with van der Waals surface area (Å²) in [7, 11) is 0. The maximum absolute atomic E-state index is 13.0. The van der Waals surface area contributed by atoms with Crippen molar-refractivity contribution in [1.29, 1.82) is 0 Å². The number of piperidine rings is 1. The van der Waals surface area contributed by atoms with Crippen LogP contribution >= 0.6 is 0 Å².